The van der Waals surface area contributed by atoms with Gasteiger partial charge in [0.05, 0.1) is 12.8 Å². The van der Waals surface area contributed by atoms with Crippen LogP contribution in [0.3, 0.4) is 0 Å². The van der Waals surface area contributed by atoms with Crippen molar-refractivity contribution < 1.29 is 142 Å². The summed E-state index contributed by atoms with van der Waals surface area (Å²) in [5, 5.41) is 71.0. The smallest absolute Gasteiger partial charge is 0.550 e. The summed E-state index contributed by atoms with van der Waals surface area (Å²) in [6.45, 7) is 0. The molecule has 0 bridgehead atoms. The summed E-state index contributed by atoms with van der Waals surface area (Å²) in [6, 6.07) is 0. The van der Waals surface area contributed by atoms with Crippen LogP contribution in [0.15, 0.2) is 0 Å². The van der Waals surface area contributed by atoms with Crippen molar-refractivity contribution in [2.24, 2.45) is 0 Å². The number of carbonyl (C=O) groups is 6. The van der Waals surface area contributed by atoms with Gasteiger partial charge in [0.2, 0.25) is 0 Å². The third-order valence-corrected chi connectivity index (χ3v) is 2.56. The monoisotopic (exact) mass is 510 g/mol. The van der Waals surface area contributed by atoms with Crippen LogP contribution in [0, 0.1) is 0 Å². The summed E-state index contributed by atoms with van der Waals surface area (Å²) in [6.07, 6.45) is -4.88. The minimum absolute atomic E-state index is 0. The van der Waals surface area contributed by atoms with E-state index in [0.29, 0.717) is 0 Å². The van der Waals surface area contributed by atoms with E-state index in [2.05, 4.69) is 0 Å². The molecule has 0 aliphatic heterocycles. The van der Waals surface area contributed by atoms with Crippen molar-refractivity contribution >= 4 is 47.2 Å². The molecule has 0 aliphatic rings. The molecule has 0 heterocycles. The second-order valence-corrected chi connectivity index (χ2v) is 5.60. The van der Waals surface area contributed by atoms with E-state index in [0.717, 1.165) is 0 Å². The van der Waals surface area contributed by atoms with Gasteiger partial charge in [0.25, 0.3) is 11.4 Å². The quantitative estimate of drug-likeness (QED) is 0.0998. The SMILES string of the molecule is O=C(O)CC(O)(CC(=O)O)C(=O)O.O=C([O-])CC(O)(CC(=O)[O-])C(=O)O.O=S(O)O.[Na+].[Na+]. The van der Waals surface area contributed by atoms with Gasteiger partial charge >= 0.3 is 83.0 Å². The van der Waals surface area contributed by atoms with Crippen LogP contribution in [-0.2, 0) is 40.1 Å². The van der Waals surface area contributed by atoms with Gasteiger partial charge in [-0.25, -0.2) is 9.59 Å². The van der Waals surface area contributed by atoms with Crippen LogP contribution < -0.4 is 69.3 Å². The number of aliphatic hydroxyl groups is 2. The van der Waals surface area contributed by atoms with Crippen molar-refractivity contribution in [1.82, 2.24) is 0 Å². The first kappa shape index (κ1) is 41.1. The maximum atomic E-state index is 10.3. The van der Waals surface area contributed by atoms with E-state index in [1.807, 2.05) is 0 Å². The van der Waals surface area contributed by atoms with Crippen LogP contribution in [0.25, 0.3) is 0 Å². The number of carboxylic acid groups (broad SMARTS) is 6. The van der Waals surface area contributed by atoms with E-state index in [-0.39, 0.29) is 59.1 Å². The predicted molar refractivity (Wildman–Crippen MR) is 82.3 cm³/mol. The van der Waals surface area contributed by atoms with Gasteiger partial charge in [0, 0.05) is 24.8 Å². The minimum atomic E-state index is -2.86. The Bertz CT molecular complexity index is 605. The van der Waals surface area contributed by atoms with Crippen LogP contribution in [0.4, 0.5) is 0 Å². The molecule has 20 heteroatoms. The fraction of sp³-hybridized carbons (Fsp3) is 0.500. The van der Waals surface area contributed by atoms with Crippen LogP contribution in [0.2, 0.25) is 0 Å². The third-order valence-electron chi connectivity index (χ3n) is 2.56. The molecule has 0 aliphatic carbocycles. The molecule has 0 rings (SSSR count). The van der Waals surface area contributed by atoms with Crippen molar-refractivity contribution in [3.8, 4) is 0 Å². The first-order valence-corrected chi connectivity index (χ1v) is 7.90. The number of hydrogen-bond acceptors (Lipinski definition) is 11. The largest absolute Gasteiger partial charge is 1.00 e. The van der Waals surface area contributed by atoms with Crippen LogP contribution >= 0.6 is 0 Å². The van der Waals surface area contributed by atoms with E-state index < -0.39 is 84.1 Å². The molecule has 0 amide bonds. The molecule has 0 saturated heterocycles. The van der Waals surface area contributed by atoms with Crippen molar-refractivity contribution in [2.45, 2.75) is 36.9 Å². The van der Waals surface area contributed by atoms with E-state index in [4.69, 9.17) is 44.0 Å². The maximum Gasteiger partial charge on any atom is 1.00 e. The Balaban J connectivity index is -0.000000123. The molecule has 0 aromatic rings. The zero-order chi connectivity index (χ0) is 24.9. The van der Waals surface area contributed by atoms with Gasteiger partial charge in [-0.1, -0.05) is 0 Å². The summed E-state index contributed by atoms with van der Waals surface area (Å²) < 4.78 is 22.8. The zero-order valence-corrected chi connectivity index (χ0v) is 21.3. The van der Waals surface area contributed by atoms with Gasteiger partial charge in [-0.15, -0.1) is 0 Å². The molecule has 0 fully saturated rings. The summed E-state index contributed by atoms with van der Waals surface area (Å²) >= 11 is -2.61. The molecule has 8 N–H and O–H groups in total. The summed E-state index contributed by atoms with van der Waals surface area (Å²) in [7, 11) is 0. The molecule has 0 unspecified atom stereocenters. The van der Waals surface area contributed by atoms with Crippen molar-refractivity contribution in [1.29, 1.82) is 0 Å². The Kier molecular flexibility index (Phi) is 24.8. The molecule has 0 aromatic carbocycles. The van der Waals surface area contributed by atoms with Gasteiger partial charge in [-0.3, -0.25) is 18.7 Å². The molecule has 32 heavy (non-hydrogen) atoms. The van der Waals surface area contributed by atoms with E-state index >= 15 is 0 Å². The van der Waals surface area contributed by atoms with Crippen molar-refractivity contribution in [3.63, 3.8) is 0 Å². The number of carbonyl (C=O) groups excluding carboxylic acids is 2. The number of aliphatic carboxylic acids is 6. The fourth-order valence-corrected chi connectivity index (χ4v) is 1.41. The first-order chi connectivity index (χ1) is 13.3. The molecule has 17 nitrogen and oxygen atoms in total. The number of carboxylic acids is 6. The van der Waals surface area contributed by atoms with E-state index in [1.54, 1.807) is 0 Å². The van der Waals surface area contributed by atoms with Crippen LogP contribution in [-0.4, -0.2) is 91.0 Å². The Morgan fingerprint density at radius 1 is 0.625 bits per heavy atom. The molecule has 174 valence electrons. The summed E-state index contributed by atoms with van der Waals surface area (Å²) in [4.78, 5) is 60.7. The number of rotatable bonds is 10. The Hall–Kier alpha value is -1.19. The Morgan fingerprint density at radius 2 is 0.812 bits per heavy atom. The van der Waals surface area contributed by atoms with Gasteiger partial charge in [-0.2, -0.15) is 4.21 Å². The molecule has 0 saturated carbocycles. The van der Waals surface area contributed by atoms with Gasteiger partial charge < -0.3 is 50.4 Å². The second kappa shape index (κ2) is 19.3. The normalized spacial score (nSPS) is 9.91. The topological polar surface area (TPSA) is 327 Å². The van der Waals surface area contributed by atoms with Crippen molar-refractivity contribution in [2.75, 3.05) is 0 Å². The standard InChI is InChI=1S/2C6H8O7.2Na.H2O3S/c2*7-3(8)1-6(13,5(11)12)2-4(9)10;;;1-4(2)3/h2*13H,1-2H2,(H,7,8)(H,9,10)(H,11,12);;;(H2,1,2,3)/q;;2*+1;/p-2. The molecular formula is C12H16Na2O17S. The summed E-state index contributed by atoms with van der Waals surface area (Å²) in [5.74, 6) is -10.7. The van der Waals surface area contributed by atoms with Crippen LogP contribution in [0.1, 0.15) is 25.7 Å². The molecular weight excluding hydrogens is 494 g/mol. The Labute approximate surface area is 224 Å². The van der Waals surface area contributed by atoms with Gasteiger partial charge in [-0.05, 0) is 0 Å². The zero-order valence-electron chi connectivity index (χ0n) is 16.5. The third kappa shape index (κ3) is 23.5. The first-order valence-electron chi connectivity index (χ1n) is 6.83. The minimum Gasteiger partial charge on any atom is -0.550 e. The van der Waals surface area contributed by atoms with Crippen molar-refractivity contribution in [3.05, 3.63) is 0 Å². The predicted octanol–water partition coefficient (Wildman–Crippen LogP) is -11.5. The van der Waals surface area contributed by atoms with Crippen LogP contribution in [0.5, 0.6) is 0 Å². The second-order valence-electron chi connectivity index (χ2n) is 5.14. The Morgan fingerprint density at radius 3 is 0.938 bits per heavy atom. The molecule has 0 aromatic heterocycles. The summed E-state index contributed by atoms with van der Waals surface area (Å²) in [5.41, 5.74) is -5.60. The fourth-order valence-electron chi connectivity index (χ4n) is 1.41. The van der Waals surface area contributed by atoms with Gasteiger partial charge in [0.15, 0.2) is 11.2 Å². The van der Waals surface area contributed by atoms with Gasteiger partial charge in [0.1, 0.15) is 0 Å². The number of hydrogen-bond donors (Lipinski definition) is 8. The van der Waals surface area contributed by atoms with E-state index in [1.165, 1.54) is 0 Å². The molecule has 0 radical (unpaired) electrons. The average molecular weight is 510 g/mol. The maximum absolute atomic E-state index is 10.3. The molecule has 0 spiro atoms. The van der Waals surface area contributed by atoms with E-state index in [9.17, 15) is 39.0 Å². The average Bonchev–Trinajstić information content (AvgIpc) is 2.43. The molecule has 0 atom stereocenters.